The van der Waals surface area contributed by atoms with Crippen molar-refractivity contribution in [3.05, 3.63) is 18.2 Å². The van der Waals surface area contributed by atoms with Crippen molar-refractivity contribution >= 4 is 29.2 Å². The molecule has 0 radical (unpaired) electrons. The zero-order valence-electron chi connectivity index (χ0n) is 12.2. The van der Waals surface area contributed by atoms with Crippen molar-refractivity contribution in [2.24, 2.45) is 17.3 Å². The van der Waals surface area contributed by atoms with Gasteiger partial charge in [-0.2, -0.15) is 0 Å². The second kappa shape index (κ2) is 4.72. The average molecular weight is 304 g/mol. The summed E-state index contributed by atoms with van der Waals surface area (Å²) >= 11 is 0. The van der Waals surface area contributed by atoms with Gasteiger partial charge < -0.3 is 20.5 Å². The fourth-order valence-electron chi connectivity index (χ4n) is 2.97. The number of anilines is 2. The van der Waals surface area contributed by atoms with Gasteiger partial charge in [-0.3, -0.25) is 14.4 Å². The predicted octanol–water partition coefficient (Wildman–Crippen LogP) is 1.31. The van der Waals surface area contributed by atoms with Gasteiger partial charge in [-0.1, -0.05) is 13.8 Å². The number of hydrogen-bond acceptors (Lipinski definition) is 4. The molecule has 1 saturated carbocycles. The third kappa shape index (κ3) is 2.28. The van der Waals surface area contributed by atoms with Crippen LogP contribution in [0.5, 0.6) is 5.75 Å². The van der Waals surface area contributed by atoms with E-state index < -0.39 is 23.2 Å². The Bertz CT molecular complexity index is 683. The van der Waals surface area contributed by atoms with E-state index in [2.05, 4.69) is 10.6 Å². The molecule has 1 aliphatic heterocycles. The van der Waals surface area contributed by atoms with E-state index in [1.165, 1.54) is 0 Å². The number of ether oxygens (including phenoxy) is 1. The second-order valence-electron chi connectivity index (χ2n) is 6.15. The Balaban J connectivity index is 1.74. The molecule has 22 heavy (non-hydrogen) atoms. The van der Waals surface area contributed by atoms with Crippen molar-refractivity contribution in [2.75, 3.05) is 17.2 Å². The molecule has 7 heteroatoms. The molecule has 3 N–H and O–H groups in total. The van der Waals surface area contributed by atoms with E-state index in [9.17, 15) is 14.4 Å². The van der Waals surface area contributed by atoms with Crippen molar-refractivity contribution in [1.29, 1.82) is 0 Å². The molecule has 1 aliphatic carbocycles. The summed E-state index contributed by atoms with van der Waals surface area (Å²) in [6.07, 6.45) is 0. The van der Waals surface area contributed by atoms with Gasteiger partial charge in [0.15, 0.2) is 6.61 Å². The van der Waals surface area contributed by atoms with Crippen LogP contribution in [0.3, 0.4) is 0 Å². The second-order valence-corrected chi connectivity index (χ2v) is 6.15. The minimum absolute atomic E-state index is 0.0325. The van der Waals surface area contributed by atoms with E-state index in [4.69, 9.17) is 9.84 Å². The molecule has 116 valence electrons. The van der Waals surface area contributed by atoms with Crippen molar-refractivity contribution in [3.63, 3.8) is 0 Å². The van der Waals surface area contributed by atoms with Crippen LogP contribution in [0.4, 0.5) is 11.4 Å². The summed E-state index contributed by atoms with van der Waals surface area (Å²) in [5, 5.41) is 14.5. The number of hydrogen-bond donors (Lipinski definition) is 3. The fourth-order valence-corrected chi connectivity index (χ4v) is 2.97. The van der Waals surface area contributed by atoms with Crippen LogP contribution >= 0.6 is 0 Å². The Hall–Kier alpha value is -2.57. The number of benzene rings is 1. The van der Waals surface area contributed by atoms with Gasteiger partial charge in [0, 0.05) is 5.69 Å². The van der Waals surface area contributed by atoms with Crippen LogP contribution in [0.15, 0.2) is 18.2 Å². The summed E-state index contributed by atoms with van der Waals surface area (Å²) in [6.45, 7) is 3.49. The molecule has 7 nitrogen and oxygen atoms in total. The maximum atomic E-state index is 12.2. The van der Waals surface area contributed by atoms with Gasteiger partial charge in [-0.15, -0.1) is 0 Å². The van der Waals surface area contributed by atoms with E-state index in [0.717, 1.165) is 0 Å². The number of rotatable bonds is 3. The third-order valence-corrected chi connectivity index (χ3v) is 4.26. The summed E-state index contributed by atoms with van der Waals surface area (Å²) in [4.78, 5) is 34.7. The largest absolute Gasteiger partial charge is 0.482 e. The summed E-state index contributed by atoms with van der Waals surface area (Å²) < 4.78 is 5.23. The summed E-state index contributed by atoms with van der Waals surface area (Å²) in [5.41, 5.74) is 0.418. The molecule has 2 amide bonds. The SMILES string of the molecule is CC1(C)[C@@H](C(=O)O)[C@@H]1C(=O)Nc1ccc2c(c1)NC(=O)CO2. The first-order valence-electron chi connectivity index (χ1n) is 6.91. The van der Waals surface area contributed by atoms with Gasteiger partial charge >= 0.3 is 5.97 Å². The Morgan fingerprint density at radius 2 is 2.09 bits per heavy atom. The molecule has 0 saturated heterocycles. The normalized spacial score (nSPS) is 24.5. The van der Waals surface area contributed by atoms with Gasteiger partial charge in [0.2, 0.25) is 5.91 Å². The van der Waals surface area contributed by atoms with Gasteiger partial charge in [-0.05, 0) is 23.6 Å². The molecule has 1 fully saturated rings. The minimum atomic E-state index is -0.962. The minimum Gasteiger partial charge on any atom is -0.482 e. The quantitative estimate of drug-likeness (QED) is 0.781. The zero-order chi connectivity index (χ0) is 16.1. The third-order valence-electron chi connectivity index (χ3n) is 4.26. The number of carbonyl (C=O) groups is 3. The smallest absolute Gasteiger partial charge is 0.307 e. The van der Waals surface area contributed by atoms with Crippen molar-refractivity contribution in [3.8, 4) is 5.75 Å². The fraction of sp³-hybridized carbons (Fsp3) is 0.400. The van der Waals surface area contributed by atoms with Crippen LogP contribution < -0.4 is 15.4 Å². The van der Waals surface area contributed by atoms with Crippen molar-refractivity contribution in [2.45, 2.75) is 13.8 Å². The molecule has 2 atom stereocenters. The van der Waals surface area contributed by atoms with Crippen LogP contribution in [0.25, 0.3) is 0 Å². The lowest BCUT2D eigenvalue weighted by Crippen LogP contribution is -2.25. The molecular formula is C15H16N2O5. The van der Waals surface area contributed by atoms with Gasteiger partial charge in [0.1, 0.15) is 5.75 Å². The molecule has 0 bridgehead atoms. The van der Waals surface area contributed by atoms with Gasteiger partial charge in [-0.25, -0.2) is 0 Å². The number of aliphatic carboxylic acids is 1. The molecule has 1 aromatic carbocycles. The highest BCUT2D eigenvalue weighted by Crippen LogP contribution is 2.58. The average Bonchev–Trinajstić information content (AvgIpc) is 3.01. The van der Waals surface area contributed by atoms with Crippen LogP contribution in [0.1, 0.15) is 13.8 Å². The summed E-state index contributed by atoms with van der Waals surface area (Å²) in [5.74, 6) is -2.25. The van der Waals surface area contributed by atoms with Crippen LogP contribution in [0.2, 0.25) is 0 Å². The Kier molecular flexibility index (Phi) is 3.09. The van der Waals surface area contributed by atoms with E-state index in [0.29, 0.717) is 17.1 Å². The van der Waals surface area contributed by atoms with Crippen molar-refractivity contribution < 1.29 is 24.2 Å². The lowest BCUT2D eigenvalue weighted by Gasteiger charge is -2.18. The molecule has 3 rings (SSSR count). The highest BCUT2D eigenvalue weighted by atomic mass is 16.5. The maximum Gasteiger partial charge on any atom is 0.307 e. The van der Waals surface area contributed by atoms with Gasteiger partial charge in [0.05, 0.1) is 17.5 Å². The molecule has 1 heterocycles. The number of amides is 2. The van der Waals surface area contributed by atoms with Crippen LogP contribution in [-0.2, 0) is 14.4 Å². The molecule has 0 aromatic heterocycles. The topological polar surface area (TPSA) is 105 Å². The lowest BCUT2D eigenvalue weighted by atomic mass is 10.1. The lowest BCUT2D eigenvalue weighted by molar-refractivity contribution is -0.140. The number of carbonyl (C=O) groups excluding carboxylic acids is 2. The molecule has 1 aromatic rings. The first-order valence-corrected chi connectivity index (χ1v) is 6.91. The van der Waals surface area contributed by atoms with E-state index in [1.54, 1.807) is 32.0 Å². The highest BCUT2D eigenvalue weighted by molar-refractivity contribution is 6.01. The Morgan fingerprint density at radius 3 is 2.73 bits per heavy atom. The number of fused-ring (bicyclic) bond motifs is 1. The van der Waals surface area contributed by atoms with E-state index >= 15 is 0 Å². The molecular weight excluding hydrogens is 288 g/mol. The number of carboxylic acids is 1. The van der Waals surface area contributed by atoms with E-state index in [-0.39, 0.29) is 18.4 Å². The van der Waals surface area contributed by atoms with Crippen LogP contribution in [0, 0.1) is 17.3 Å². The first kappa shape index (κ1) is 14.4. The highest BCUT2D eigenvalue weighted by Gasteiger charge is 2.65. The number of nitrogens with one attached hydrogen (secondary N) is 2. The van der Waals surface area contributed by atoms with Gasteiger partial charge in [0.25, 0.3) is 5.91 Å². The van der Waals surface area contributed by atoms with Crippen LogP contribution in [-0.4, -0.2) is 29.5 Å². The zero-order valence-corrected chi connectivity index (χ0v) is 12.2. The maximum absolute atomic E-state index is 12.2. The van der Waals surface area contributed by atoms with E-state index in [1.807, 2.05) is 0 Å². The predicted molar refractivity (Wildman–Crippen MR) is 77.6 cm³/mol. The van der Waals surface area contributed by atoms with Crippen molar-refractivity contribution in [1.82, 2.24) is 0 Å². The number of carboxylic acid groups (broad SMARTS) is 1. The first-order chi connectivity index (χ1) is 10.3. The molecule has 0 unspecified atom stereocenters. The summed E-state index contributed by atoms with van der Waals surface area (Å²) in [6, 6.07) is 4.89. The Morgan fingerprint density at radius 1 is 1.36 bits per heavy atom. The molecule has 0 spiro atoms. The summed E-state index contributed by atoms with van der Waals surface area (Å²) in [7, 11) is 0. The Labute approximate surface area is 126 Å². The standard InChI is InChI=1S/C15H16N2O5/c1-15(2)11(12(15)14(20)21)13(19)16-7-3-4-9-8(5-7)17-10(18)6-22-9/h3-5,11-12H,6H2,1-2H3,(H,16,19)(H,17,18)(H,20,21)/t11-,12-/m1/s1. The monoisotopic (exact) mass is 304 g/mol. The molecule has 2 aliphatic rings.